The van der Waals surface area contributed by atoms with Crippen molar-refractivity contribution in [2.24, 2.45) is 0 Å². The Hall–Kier alpha value is -2.70. The molecule has 2 aromatic rings. The zero-order valence-corrected chi connectivity index (χ0v) is 11.2. The largest absolute Gasteiger partial charge is 0.469 e. The number of benzene rings is 1. The summed E-state index contributed by atoms with van der Waals surface area (Å²) in [5, 5.41) is 13.2. The van der Waals surface area contributed by atoms with Gasteiger partial charge in [0.15, 0.2) is 0 Å². The number of nitrogens with one attached hydrogen (secondary N) is 1. The van der Waals surface area contributed by atoms with Gasteiger partial charge in [-0.2, -0.15) is 0 Å². The molecule has 0 fully saturated rings. The molecule has 110 valence electrons. The minimum Gasteiger partial charge on any atom is -0.469 e. The Morgan fingerprint density at radius 3 is 2.86 bits per heavy atom. The normalized spacial score (nSPS) is 11.9. The number of rotatable bonds is 5. The van der Waals surface area contributed by atoms with Gasteiger partial charge >= 0.3 is 0 Å². The molecule has 0 aliphatic heterocycles. The Morgan fingerprint density at radius 1 is 1.48 bits per heavy atom. The van der Waals surface area contributed by atoms with Crippen molar-refractivity contribution < 1.29 is 18.5 Å². The van der Waals surface area contributed by atoms with E-state index in [1.807, 2.05) is 0 Å². The van der Waals surface area contributed by atoms with Crippen molar-refractivity contribution in [3.05, 3.63) is 63.9 Å². The smallest absolute Gasteiger partial charge is 0.270 e. The number of hydrogen-bond acceptors (Lipinski definition) is 4. The van der Waals surface area contributed by atoms with E-state index in [0.29, 0.717) is 12.2 Å². The Morgan fingerprint density at radius 2 is 2.24 bits per heavy atom. The quantitative estimate of drug-likeness (QED) is 0.678. The van der Waals surface area contributed by atoms with E-state index in [9.17, 15) is 19.3 Å². The van der Waals surface area contributed by atoms with Gasteiger partial charge in [0, 0.05) is 24.6 Å². The monoisotopic (exact) mass is 292 g/mol. The number of furan rings is 1. The lowest BCUT2D eigenvalue weighted by Gasteiger charge is -2.12. The van der Waals surface area contributed by atoms with Gasteiger partial charge in [0.05, 0.1) is 16.7 Å². The molecular weight excluding hydrogens is 279 g/mol. The number of nitro benzene ring substituents is 1. The van der Waals surface area contributed by atoms with Gasteiger partial charge in [-0.15, -0.1) is 0 Å². The van der Waals surface area contributed by atoms with Crippen molar-refractivity contribution >= 4 is 11.6 Å². The number of carbonyl (C=O) groups excluding carboxylic acids is 1. The number of nitrogens with zero attached hydrogens (tertiary/aromatic N) is 1. The van der Waals surface area contributed by atoms with E-state index in [1.54, 1.807) is 19.1 Å². The summed E-state index contributed by atoms with van der Waals surface area (Å²) in [4.78, 5) is 22.0. The molecular formula is C14H13FN2O4. The van der Waals surface area contributed by atoms with Crippen molar-refractivity contribution in [2.45, 2.75) is 19.4 Å². The van der Waals surface area contributed by atoms with Crippen LogP contribution in [0, 0.1) is 15.9 Å². The van der Waals surface area contributed by atoms with Gasteiger partial charge < -0.3 is 9.73 Å². The lowest BCUT2D eigenvalue weighted by Crippen LogP contribution is -2.34. The predicted molar refractivity (Wildman–Crippen MR) is 72.4 cm³/mol. The highest BCUT2D eigenvalue weighted by molar-refractivity contribution is 5.95. The second-order valence-electron chi connectivity index (χ2n) is 4.58. The van der Waals surface area contributed by atoms with Crippen LogP contribution < -0.4 is 5.32 Å². The van der Waals surface area contributed by atoms with Gasteiger partial charge in [-0.3, -0.25) is 14.9 Å². The van der Waals surface area contributed by atoms with Crippen molar-refractivity contribution in [1.29, 1.82) is 0 Å². The highest BCUT2D eigenvalue weighted by Crippen LogP contribution is 2.17. The first-order valence-electron chi connectivity index (χ1n) is 6.24. The molecule has 2 rings (SSSR count). The molecule has 0 radical (unpaired) electrons. The molecule has 0 saturated carbocycles. The van der Waals surface area contributed by atoms with Gasteiger partial charge in [0.1, 0.15) is 11.6 Å². The molecule has 0 saturated heterocycles. The Labute approximate surface area is 119 Å². The zero-order chi connectivity index (χ0) is 15.4. The van der Waals surface area contributed by atoms with Gasteiger partial charge in [0.2, 0.25) is 0 Å². The fourth-order valence-electron chi connectivity index (χ4n) is 1.88. The molecule has 21 heavy (non-hydrogen) atoms. The maximum Gasteiger partial charge on any atom is 0.270 e. The Balaban J connectivity index is 2.09. The van der Waals surface area contributed by atoms with Crippen LogP contribution in [-0.2, 0) is 6.42 Å². The van der Waals surface area contributed by atoms with Crippen LogP contribution in [0.4, 0.5) is 10.1 Å². The first-order valence-corrected chi connectivity index (χ1v) is 6.24. The summed E-state index contributed by atoms with van der Waals surface area (Å²) in [6.07, 6.45) is 1.96. The minimum absolute atomic E-state index is 0.303. The predicted octanol–water partition coefficient (Wildman–Crippen LogP) is 2.69. The third kappa shape index (κ3) is 3.65. The molecule has 1 heterocycles. The summed E-state index contributed by atoms with van der Waals surface area (Å²) in [6, 6.07) is 6.02. The van der Waals surface area contributed by atoms with E-state index in [2.05, 4.69) is 5.32 Å². The summed E-state index contributed by atoms with van der Waals surface area (Å²) in [5.41, 5.74) is -0.685. The maximum absolute atomic E-state index is 13.6. The van der Waals surface area contributed by atoms with Crippen molar-refractivity contribution in [3.63, 3.8) is 0 Å². The van der Waals surface area contributed by atoms with Crippen LogP contribution in [0.15, 0.2) is 41.0 Å². The number of halogens is 1. The van der Waals surface area contributed by atoms with Gasteiger partial charge in [0.25, 0.3) is 11.6 Å². The van der Waals surface area contributed by atoms with E-state index in [4.69, 9.17) is 4.42 Å². The van der Waals surface area contributed by atoms with E-state index < -0.39 is 16.6 Å². The maximum atomic E-state index is 13.6. The number of nitro groups is 1. The molecule has 7 heteroatoms. The second-order valence-corrected chi connectivity index (χ2v) is 4.58. The summed E-state index contributed by atoms with van der Waals surface area (Å²) < 4.78 is 18.8. The van der Waals surface area contributed by atoms with Crippen molar-refractivity contribution in [3.8, 4) is 0 Å². The summed E-state index contributed by atoms with van der Waals surface area (Å²) in [5.74, 6) is -0.819. The molecule has 1 atom stereocenters. The lowest BCUT2D eigenvalue weighted by molar-refractivity contribution is -0.384. The first kappa shape index (κ1) is 14.7. The third-order valence-electron chi connectivity index (χ3n) is 2.87. The number of hydrogen-bond donors (Lipinski definition) is 1. The molecule has 1 amide bonds. The third-order valence-corrected chi connectivity index (χ3v) is 2.87. The topological polar surface area (TPSA) is 85.4 Å². The molecule has 0 bridgehead atoms. The van der Waals surface area contributed by atoms with Crippen molar-refractivity contribution in [2.75, 3.05) is 0 Å². The number of carbonyl (C=O) groups is 1. The van der Waals surface area contributed by atoms with E-state index in [1.165, 1.54) is 6.26 Å². The van der Waals surface area contributed by atoms with Crippen LogP contribution in [0.5, 0.6) is 0 Å². The molecule has 1 N–H and O–H groups in total. The van der Waals surface area contributed by atoms with Gasteiger partial charge in [-0.1, -0.05) is 0 Å². The summed E-state index contributed by atoms with van der Waals surface area (Å²) in [7, 11) is 0. The molecule has 1 unspecified atom stereocenters. The highest BCUT2D eigenvalue weighted by Gasteiger charge is 2.18. The van der Waals surface area contributed by atoms with E-state index >= 15 is 0 Å². The Kier molecular flexibility index (Phi) is 4.32. The molecule has 0 aliphatic rings. The van der Waals surface area contributed by atoms with Crippen LogP contribution >= 0.6 is 0 Å². The number of non-ortho nitro benzene ring substituents is 1. The average molecular weight is 292 g/mol. The Bertz CT molecular complexity index is 655. The van der Waals surface area contributed by atoms with E-state index in [-0.39, 0.29) is 17.3 Å². The van der Waals surface area contributed by atoms with Crippen LogP contribution in [0.3, 0.4) is 0 Å². The molecule has 6 nitrogen and oxygen atoms in total. The molecule has 0 aliphatic carbocycles. The molecule has 1 aromatic carbocycles. The van der Waals surface area contributed by atoms with Gasteiger partial charge in [-0.25, -0.2) is 4.39 Å². The van der Waals surface area contributed by atoms with Crippen LogP contribution in [0.25, 0.3) is 0 Å². The summed E-state index contributed by atoms with van der Waals surface area (Å²) >= 11 is 0. The van der Waals surface area contributed by atoms with Crippen molar-refractivity contribution in [1.82, 2.24) is 5.32 Å². The fourth-order valence-corrected chi connectivity index (χ4v) is 1.88. The minimum atomic E-state index is -0.803. The molecule has 0 spiro atoms. The first-order chi connectivity index (χ1) is 9.97. The van der Waals surface area contributed by atoms with Crippen LogP contribution in [0.1, 0.15) is 23.0 Å². The fraction of sp³-hybridized carbons (Fsp3) is 0.214. The second kappa shape index (κ2) is 6.17. The highest BCUT2D eigenvalue weighted by atomic mass is 19.1. The standard InChI is InChI=1S/C14H13FN2O4/c1-9(7-11-3-2-6-21-11)16-14(18)12-8-10(17(19)20)4-5-13(12)15/h2-6,8-9H,7H2,1H3,(H,16,18). The van der Waals surface area contributed by atoms with Crippen LogP contribution in [-0.4, -0.2) is 16.9 Å². The number of amides is 1. The average Bonchev–Trinajstić information content (AvgIpc) is 2.91. The SMILES string of the molecule is CC(Cc1ccco1)NC(=O)c1cc([N+](=O)[O-])ccc1F. The summed E-state index contributed by atoms with van der Waals surface area (Å²) in [6.45, 7) is 1.73. The van der Waals surface area contributed by atoms with E-state index in [0.717, 1.165) is 18.2 Å². The molecule has 1 aromatic heterocycles. The lowest BCUT2D eigenvalue weighted by atomic mass is 10.1. The zero-order valence-electron chi connectivity index (χ0n) is 11.2. The van der Waals surface area contributed by atoms with Gasteiger partial charge in [-0.05, 0) is 25.1 Å². The van der Waals surface area contributed by atoms with Crippen LogP contribution in [0.2, 0.25) is 0 Å².